The largest absolute Gasteiger partial charge is 0.508 e. The lowest BCUT2D eigenvalue weighted by Gasteiger charge is -2.25. The van der Waals surface area contributed by atoms with Crippen molar-refractivity contribution in [3.63, 3.8) is 0 Å². The van der Waals surface area contributed by atoms with Crippen molar-refractivity contribution in [2.45, 2.75) is 25.9 Å². The van der Waals surface area contributed by atoms with Gasteiger partial charge in [0.15, 0.2) is 11.5 Å². The van der Waals surface area contributed by atoms with Crippen molar-refractivity contribution >= 4 is 40.3 Å². The van der Waals surface area contributed by atoms with E-state index in [1.165, 1.54) is 11.6 Å². The zero-order valence-electron chi connectivity index (χ0n) is 17.2. The number of aromatic hydroxyl groups is 1. The molecule has 2 aromatic rings. The van der Waals surface area contributed by atoms with Crippen LogP contribution in [0.4, 0.5) is 10.5 Å². The van der Waals surface area contributed by atoms with Crippen LogP contribution in [0.25, 0.3) is 0 Å². The van der Waals surface area contributed by atoms with E-state index >= 15 is 0 Å². The molecule has 0 spiro atoms. The number of rotatable bonds is 8. The monoisotopic (exact) mass is 554 g/mol. The zero-order chi connectivity index (χ0) is 23.1. The second kappa shape index (κ2) is 11.0. The van der Waals surface area contributed by atoms with Gasteiger partial charge in [0.2, 0.25) is 6.79 Å². The number of anilines is 1. The topological polar surface area (TPSA) is 126 Å². The van der Waals surface area contributed by atoms with E-state index < -0.39 is 18.1 Å². The molecule has 2 amide bonds. The molecule has 0 unspecified atom stereocenters. The number of hydrogen-bond donors (Lipinski definition) is 4. The smallest absolute Gasteiger partial charge is 0.412 e. The fraction of sp³-hybridized carbons (Fsp3) is 0.273. The van der Waals surface area contributed by atoms with Gasteiger partial charge in [-0.05, 0) is 71.7 Å². The predicted octanol–water partition coefficient (Wildman–Crippen LogP) is 4.49. The average Bonchev–Trinajstić information content (AvgIpc) is 3.24. The number of nitrogens with one attached hydrogen (secondary N) is 2. The molecule has 0 bridgehead atoms. The highest BCUT2D eigenvalue weighted by Crippen LogP contribution is 2.37. The van der Waals surface area contributed by atoms with Gasteiger partial charge in [0.25, 0.3) is 5.91 Å². The van der Waals surface area contributed by atoms with Crippen molar-refractivity contribution in [2.75, 3.05) is 12.1 Å². The van der Waals surface area contributed by atoms with Gasteiger partial charge in [-0.3, -0.25) is 15.3 Å². The SMILES string of the molecule is C[C@H](CC/C=C/C(=O)NO)[C@H](OC(=O)Nc1ccc2c(c1)OCO2)c1cc(I)ccc1O. The third-order valence-corrected chi connectivity index (χ3v) is 5.50. The maximum atomic E-state index is 12.7. The van der Waals surface area contributed by atoms with Crippen molar-refractivity contribution in [1.29, 1.82) is 0 Å². The fourth-order valence-corrected chi connectivity index (χ4v) is 3.73. The van der Waals surface area contributed by atoms with Gasteiger partial charge >= 0.3 is 6.09 Å². The van der Waals surface area contributed by atoms with E-state index in [9.17, 15) is 14.7 Å². The van der Waals surface area contributed by atoms with Crippen LogP contribution in [-0.4, -0.2) is 29.1 Å². The molecule has 1 heterocycles. The number of phenolic OH excluding ortho intramolecular Hbond substituents is 1. The molecule has 32 heavy (non-hydrogen) atoms. The van der Waals surface area contributed by atoms with Crippen LogP contribution in [0.15, 0.2) is 48.6 Å². The van der Waals surface area contributed by atoms with E-state index in [2.05, 4.69) is 27.9 Å². The molecule has 9 nitrogen and oxygen atoms in total. The number of halogens is 1. The lowest BCUT2D eigenvalue weighted by molar-refractivity contribution is -0.124. The summed E-state index contributed by atoms with van der Waals surface area (Å²) in [5.41, 5.74) is 2.50. The van der Waals surface area contributed by atoms with E-state index in [4.69, 9.17) is 19.4 Å². The Labute approximate surface area is 198 Å². The van der Waals surface area contributed by atoms with Gasteiger partial charge < -0.3 is 19.3 Å². The molecule has 2 aromatic carbocycles. The normalized spacial score (nSPS) is 14.1. The van der Waals surface area contributed by atoms with Crippen LogP contribution in [0, 0.1) is 9.49 Å². The number of carbonyl (C=O) groups excluding carboxylic acids is 2. The van der Waals surface area contributed by atoms with Crippen molar-refractivity contribution in [1.82, 2.24) is 5.48 Å². The number of phenols is 1. The summed E-state index contributed by atoms with van der Waals surface area (Å²) >= 11 is 2.12. The summed E-state index contributed by atoms with van der Waals surface area (Å²) in [4.78, 5) is 23.8. The van der Waals surface area contributed by atoms with Crippen LogP contribution in [0.3, 0.4) is 0 Å². The lowest BCUT2D eigenvalue weighted by Crippen LogP contribution is -2.22. The maximum Gasteiger partial charge on any atom is 0.412 e. The number of amides is 2. The molecule has 0 radical (unpaired) electrons. The minimum absolute atomic E-state index is 0.0216. The van der Waals surface area contributed by atoms with Crippen molar-refractivity contribution in [2.24, 2.45) is 5.92 Å². The Morgan fingerprint density at radius 3 is 2.78 bits per heavy atom. The highest BCUT2D eigenvalue weighted by Gasteiger charge is 2.26. The Balaban J connectivity index is 1.72. The molecule has 0 aromatic heterocycles. The molecule has 10 heteroatoms. The summed E-state index contributed by atoms with van der Waals surface area (Å²) < 4.78 is 17.2. The van der Waals surface area contributed by atoms with Crippen molar-refractivity contribution < 1.29 is 34.1 Å². The first-order valence-corrected chi connectivity index (χ1v) is 10.9. The van der Waals surface area contributed by atoms with E-state index in [1.54, 1.807) is 42.5 Å². The summed E-state index contributed by atoms with van der Waals surface area (Å²) in [6.45, 7) is 2.01. The van der Waals surface area contributed by atoms with Crippen LogP contribution in [-0.2, 0) is 9.53 Å². The molecule has 0 saturated carbocycles. The number of fused-ring (bicyclic) bond motifs is 1. The highest BCUT2D eigenvalue weighted by atomic mass is 127. The number of allylic oxidation sites excluding steroid dienone is 1. The van der Waals surface area contributed by atoms with Crippen molar-refractivity contribution in [3.8, 4) is 17.2 Å². The Morgan fingerprint density at radius 2 is 2.00 bits per heavy atom. The Morgan fingerprint density at radius 1 is 1.22 bits per heavy atom. The molecule has 0 fully saturated rings. The second-order valence-corrected chi connectivity index (χ2v) is 8.40. The summed E-state index contributed by atoms with van der Waals surface area (Å²) in [6.07, 6.45) is 2.47. The van der Waals surface area contributed by atoms with Gasteiger partial charge in [-0.2, -0.15) is 0 Å². The van der Waals surface area contributed by atoms with E-state index in [0.717, 1.165) is 3.57 Å². The van der Waals surface area contributed by atoms with Crippen LogP contribution in [0.1, 0.15) is 31.4 Å². The molecule has 0 saturated heterocycles. The summed E-state index contributed by atoms with van der Waals surface area (Å²) in [7, 11) is 0. The predicted molar refractivity (Wildman–Crippen MR) is 124 cm³/mol. The Hall–Kier alpha value is -2.99. The second-order valence-electron chi connectivity index (χ2n) is 7.16. The molecule has 170 valence electrons. The maximum absolute atomic E-state index is 12.7. The van der Waals surface area contributed by atoms with Crippen LogP contribution in [0.5, 0.6) is 17.2 Å². The standard InChI is InChI=1S/C22H23IN2O7/c1-13(4-2-3-5-20(27)25-29)21(16-10-14(23)6-8-17(16)26)32-22(28)24-15-7-9-18-19(11-15)31-12-30-18/h3,5-11,13,21,26,29H,2,4,12H2,1H3,(H,24,28)(H,25,27)/b5-3+/t13-,21+/m1/s1. The van der Waals surface area contributed by atoms with Gasteiger partial charge in [0.1, 0.15) is 11.9 Å². The fourth-order valence-electron chi connectivity index (χ4n) is 3.21. The van der Waals surface area contributed by atoms with Crippen LogP contribution in [0.2, 0.25) is 0 Å². The van der Waals surface area contributed by atoms with Gasteiger partial charge in [-0.15, -0.1) is 0 Å². The third-order valence-electron chi connectivity index (χ3n) is 4.83. The minimum Gasteiger partial charge on any atom is -0.508 e. The molecule has 1 aliphatic rings. The highest BCUT2D eigenvalue weighted by molar-refractivity contribution is 14.1. The van der Waals surface area contributed by atoms with Crippen LogP contribution < -0.4 is 20.3 Å². The van der Waals surface area contributed by atoms with Gasteiger partial charge in [-0.25, -0.2) is 10.3 Å². The Kier molecular flexibility index (Phi) is 8.17. The first-order valence-electron chi connectivity index (χ1n) is 9.83. The first-order chi connectivity index (χ1) is 15.4. The number of hydroxylamine groups is 1. The number of carbonyl (C=O) groups is 2. The van der Waals surface area contributed by atoms with E-state index in [0.29, 0.717) is 35.6 Å². The quantitative estimate of drug-likeness (QED) is 0.164. The summed E-state index contributed by atoms with van der Waals surface area (Å²) in [5.74, 6) is 0.337. The molecule has 2 atom stereocenters. The molecular formula is C22H23IN2O7. The molecule has 3 rings (SSSR count). The number of ether oxygens (including phenoxy) is 3. The first kappa shape index (κ1) is 23.7. The van der Waals surface area contributed by atoms with E-state index in [1.807, 2.05) is 6.92 Å². The molecule has 1 aliphatic heterocycles. The zero-order valence-corrected chi connectivity index (χ0v) is 19.4. The number of hydrogen-bond acceptors (Lipinski definition) is 7. The van der Waals surface area contributed by atoms with Crippen LogP contribution >= 0.6 is 22.6 Å². The molecular weight excluding hydrogens is 531 g/mol. The summed E-state index contributed by atoms with van der Waals surface area (Å²) in [6, 6.07) is 10.1. The van der Waals surface area contributed by atoms with Gasteiger partial charge in [0.05, 0.1) is 0 Å². The van der Waals surface area contributed by atoms with Gasteiger partial charge in [0, 0.05) is 27.0 Å². The average molecular weight is 554 g/mol. The molecule has 4 N–H and O–H groups in total. The molecule has 0 aliphatic carbocycles. The van der Waals surface area contributed by atoms with Crippen molar-refractivity contribution in [3.05, 3.63) is 57.7 Å². The summed E-state index contributed by atoms with van der Waals surface area (Å²) in [5, 5.41) is 21.6. The van der Waals surface area contributed by atoms with E-state index in [-0.39, 0.29) is 18.5 Å². The number of benzene rings is 2. The third kappa shape index (κ3) is 6.26. The Bertz CT molecular complexity index is 1010. The minimum atomic E-state index is -0.737. The van der Waals surface area contributed by atoms with Gasteiger partial charge in [-0.1, -0.05) is 13.0 Å². The lowest BCUT2D eigenvalue weighted by atomic mass is 9.92.